The largest absolute Gasteiger partial charge is 0.350 e. The number of amides is 2. The molecule has 0 heterocycles. The van der Waals surface area contributed by atoms with Gasteiger partial charge in [0.1, 0.15) is 12.6 Å². The van der Waals surface area contributed by atoms with Gasteiger partial charge in [-0.05, 0) is 69.7 Å². The van der Waals surface area contributed by atoms with Gasteiger partial charge in [0, 0.05) is 32.7 Å². The van der Waals surface area contributed by atoms with Crippen LogP contribution in [0.5, 0.6) is 0 Å². The molecule has 3 aromatic carbocycles. The molecule has 0 aliphatic carbocycles. The zero-order chi connectivity index (χ0) is 30.5. The molecule has 0 aromatic heterocycles. The van der Waals surface area contributed by atoms with Crippen molar-refractivity contribution in [1.82, 2.24) is 10.2 Å². The van der Waals surface area contributed by atoms with Crippen molar-refractivity contribution in [3.05, 3.63) is 92.4 Å². The Morgan fingerprint density at radius 1 is 0.878 bits per heavy atom. The van der Waals surface area contributed by atoms with Gasteiger partial charge < -0.3 is 10.2 Å². The van der Waals surface area contributed by atoms with Gasteiger partial charge in [-0.3, -0.25) is 13.9 Å². The Bertz CT molecular complexity index is 1490. The lowest BCUT2D eigenvalue weighted by molar-refractivity contribution is -0.141. The van der Waals surface area contributed by atoms with Crippen LogP contribution in [0.3, 0.4) is 0 Å². The summed E-state index contributed by atoms with van der Waals surface area (Å²) in [7, 11) is -4.28. The summed E-state index contributed by atoms with van der Waals surface area (Å²) < 4.78 is 28.7. The molecule has 0 bridgehead atoms. The van der Waals surface area contributed by atoms with E-state index in [0.29, 0.717) is 20.6 Å². The Morgan fingerprint density at radius 3 is 2.02 bits per heavy atom. The van der Waals surface area contributed by atoms with Gasteiger partial charge in [-0.15, -0.1) is 0 Å². The third kappa shape index (κ3) is 8.30. The minimum atomic E-state index is -4.28. The van der Waals surface area contributed by atoms with Crippen molar-refractivity contribution < 1.29 is 18.0 Å². The molecule has 220 valence electrons. The first-order valence-electron chi connectivity index (χ1n) is 12.7. The van der Waals surface area contributed by atoms with Gasteiger partial charge in [0.2, 0.25) is 11.8 Å². The van der Waals surface area contributed by atoms with Crippen molar-refractivity contribution in [2.75, 3.05) is 10.8 Å². The highest BCUT2D eigenvalue weighted by Crippen LogP contribution is 2.33. The normalized spacial score (nSPS) is 12.5. The van der Waals surface area contributed by atoms with Crippen molar-refractivity contribution in [2.45, 2.75) is 57.1 Å². The summed E-state index contributed by atoms with van der Waals surface area (Å²) in [5.74, 6) is -1.07. The van der Waals surface area contributed by atoms with Crippen LogP contribution in [0.15, 0.2) is 71.6 Å². The Kier molecular flexibility index (Phi) is 11.0. The van der Waals surface area contributed by atoms with Gasteiger partial charge in [0.25, 0.3) is 10.0 Å². The SMILES string of the molecule is CC[C@@H](C(=O)NC(C)(C)C)N(Cc1c(Cl)cccc1Cl)C(=O)CN(c1ccc(Cl)cc1Cl)S(=O)(=O)c1ccccc1. The molecule has 41 heavy (non-hydrogen) atoms. The van der Waals surface area contributed by atoms with Crippen molar-refractivity contribution in [3.63, 3.8) is 0 Å². The van der Waals surface area contributed by atoms with Crippen LogP contribution in [-0.2, 0) is 26.2 Å². The summed E-state index contributed by atoms with van der Waals surface area (Å²) in [4.78, 5) is 28.8. The van der Waals surface area contributed by atoms with E-state index in [1.807, 2.05) is 20.8 Å². The molecule has 0 spiro atoms. The number of nitrogens with zero attached hydrogens (tertiary/aromatic N) is 2. The maximum absolute atomic E-state index is 14.2. The highest BCUT2D eigenvalue weighted by atomic mass is 35.5. The minimum absolute atomic E-state index is 0.0306. The number of rotatable bonds is 10. The van der Waals surface area contributed by atoms with Gasteiger partial charge in [0.05, 0.1) is 15.6 Å². The van der Waals surface area contributed by atoms with Crippen LogP contribution in [-0.4, -0.2) is 43.3 Å². The van der Waals surface area contributed by atoms with Crippen molar-refractivity contribution in [1.29, 1.82) is 0 Å². The van der Waals surface area contributed by atoms with Crippen LogP contribution in [0.4, 0.5) is 5.69 Å². The fraction of sp³-hybridized carbons (Fsp3) is 0.310. The maximum atomic E-state index is 14.2. The monoisotopic (exact) mass is 657 g/mol. The first kappa shape index (κ1) is 33.0. The summed E-state index contributed by atoms with van der Waals surface area (Å²) in [6.07, 6.45) is 0.239. The summed E-state index contributed by atoms with van der Waals surface area (Å²) in [5.41, 5.74) is -0.106. The Balaban J connectivity index is 2.14. The predicted octanol–water partition coefficient (Wildman–Crippen LogP) is 7.22. The van der Waals surface area contributed by atoms with E-state index in [4.69, 9.17) is 46.4 Å². The molecule has 0 radical (unpaired) electrons. The van der Waals surface area contributed by atoms with Crippen LogP contribution in [0.2, 0.25) is 20.1 Å². The van der Waals surface area contributed by atoms with E-state index in [-0.39, 0.29) is 28.6 Å². The average molecular weight is 659 g/mol. The number of anilines is 1. The smallest absolute Gasteiger partial charge is 0.264 e. The molecule has 1 atom stereocenters. The number of carbonyl (C=O) groups excluding carboxylic acids is 2. The predicted molar refractivity (Wildman–Crippen MR) is 166 cm³/mol. The lowest BCUT2D eigenvalue weighted by Gasteiger charge is -2.35. The molecule has 0 fully saturated rings. The van der Waals surface area contributed by atoms with Gasteiger partial charge in [0.15, 0.2) is 0 Å². The number of carbonyl (C=O) groups is 2. The fourth-order valence-corrected chi connectivity index (χ4v) is 6.67. The van der Waals surface area contributed by atoms with E-state index < -0.39 is 40.0 Å². The molecule has 2 amide bonds. The lowest BCUT2D eigenvalue weighted by atomic mass is 10.1. The highest BCUT2D eigenvalue weighted by molar-refractivity contribution is 7.92. The van der Waals surface area contributed by atoms with Crippen molar-refractivity contribution >= 4 is 73.9 Å². The fourth-order valence-electron chi connectivity index (χ4n) is 4.14. The van der Waals surface area contributed by atoms with E-state index >= 15 is 0 Å². The molecule has 0 unspecified atom stereocenters. The lowest BCUT2D eigenvalue weighted by Crippen LogP contribution is -2.55. The van der Waals surface area contributed by atoms with Gasteiger partial charge in [-0.1, -0.05) is 77.6 Å². The topological polar surface area (TPSA) is 86.8 Å². The summed E-state index contributed by atoms with van der Waals surface area (Å²) in [6, 6.07) is 15.9. The van der Waals surface area contributed by atoms with Crippen molar-refractivity contribution in [2.24, 2.45) is 0 Å². The Morgan fingerprint density at radius 2 is 1.49 bits per heavy atom. The summed E-state index contributed by atoms with van der Waals surface area (Å²) in [6.45, 7) is 6.43. The van der Waals surface area contributed by atoms with Crippen LogP contribution in [0, 0.1) is 0 Å². The van der Waals surface area contributed by atoms with Crippen molar-refractivity contribution in [3.8, 4) is 0 Å². The zero-order valence-corrected chi connectivity index (χ0v) is 26.8. The highest BCUT2D eigenvalue weighted by Gasteiger charge is 2.35. The van der Waals surface area contributed by atoms with E-state index in [0.717, 1.165) is 4.31 Å². The quantitative estimate of drug-likeness (QED) is 0.249. The first-order valence-corrected chi connectivity index (χ1v) is 15.7. The molecule has 0 aliphatic rings. The first-order chi connectivity index (χ1) is 19.2. The number of benzene rings is 3. The number of nitrogens with one attached hydrogen (secondary N) is 1. The van der Waals surface area contributed by atoms with Crippen LogP contribution < -0.4 is 9.62 Å². The number of halogens is 4. The second kappa shape index (κ2) is 13.7. The molecule has 0 aliphatic heterocycles. The molecular formula is C29H31Cl4N3O4S. The molecule has 0 saturated heterocycles. The molecule has 12 heteroatoms. The third-order valence-corrected chi connectivity index (χ3v) is 9.08. The second-order valence-corrected chi connectivity index (χ2v) is 13.8. The summed E-state index contributed by atoms with van der Waals surface area (Å²) in [5, 5.41) is 3.84. The van der Waals surface area contributed by atoms with Gasteiger partial charge >= 0.3 is 0 Å². The molecular weight excluding hydrogens is 628 g/mol. The molecule has 7 nitrogen and oxygen atoms in total. The second-order valence-electron chi connectivity index (χ2n) is 10.3. The number of hydrogen-bond acceptors (Lipinski definition) is 4. The van der Waals surface area contributed by atoms with Crippen LogP contribution in [0.25, 0.3) is 0 Å². The van der Waals surface area contributed by atoms with Crippen LogP contribution in [0.1, 0.15) is 39.7 Å². The summed E-state index contributed by atoms with van der Waals surface area (Å²) >= 11 is 25.4. The standard InChI is InChI=1S/C29H31Cl4N3O4S/c1-5-25(28(38)34-29(2,3)4)35(17-21-22(31)12-9-13-23(21)32)27(37)18-36(26-15-14-19(30)16-24(26)33)41(39,40)20-10-7-6-8-11-20/h6-16,25H,5,17-18H2,1-4H3,(H,34,38)/t25-/m0/s1. The number of hydrogen-bond donors (Lipinski definition) is 1. The number of sulfonamides is 1. The molecule has 1 N–H and O–H groups in total. The van der Waals surface area contributed by atoms with Gasteiger partial charge in [-0.25, -0.2) is 8.42 Å². The van der Waals surface area contributed by atoms with E-state index in [9.17, 15) is 18.0 Å². The molecule has 0 saturated carbocycles. The molecule has 3 rings (SSSR count). The van der Waals surface area contributed by atoms with Crippen LogP contribution >= 0.6 is 46.4 Å². The zero-order valence-electron chi connectivity index (χ0n) is 23.0. The Hall–Kier alpha value is -2.49. The van der Waals surface area contributed by atoms with E-state index in [1.165, 1.54) is 35.2 Å². The van der Waals surface area contributed by atoms with Gasteiger partial charge in [-0.2, -0.15) is 0 Å². The molecule has 3 aromatic rings. The minimum Gasteiger partial charge on any atom is -0.350 e. The maximum Gasteiger partial charge on any atom is 0.264 e. The average Bonchev–Trinajstić information content (AvgIpc) is 2.88. The van der Waals surface area contributed by atoms with E-state index in [1.54, 1.807) is 43.3 Å². The van der Waals surface area contributed by atoms with E-state index in [2.05, 4.69) is 5.32 Å². The Labute approximate surface area is 261 Å². The third-order valence-electron chi connectivity index (χ3n) is 6.06.